The zero-order valence-corrected chi connectivity index (χ0v) is 36.3. The summed E-state index contributed by atoms with van der Waals surface area (Å²) in [5.74, 6) is 0. The van der Waals surface area contributed by atoms with E-state index in [4.69, 9.17) is 0 Å². The Morgan fingerprint density at radius 3 is 1.68 bits per heavy atom. The van der Waals surface area contributed by atoms with Crippen molar-refractivity contribution >= 4 is 17.1 Å². The van der Waals surface area contributed by atoms with Crippen molar-refractivity contribution in [2.75, 3.05) is 4.90 Å². The third-order valence-electron chi connectivity index (χ3n) is 15.5. The third-order valence-corrected chi connectivity index (χ3v) is 15.5. The van der Waals surface area contributed by atoms with Gasteiger partial charge in [0.2, 0.25) is 0 Å². The predicted octanol–water partition coefficient (Wildman–Crippen LogP) is 16.4. The first-order valence-corrected chi connectivity index (χ1v) is 22.6. The fourth-order valence-electron chi connectivity index (χ4n) is 12.2. The van der Waals surface area contributed by atoms with Crippen LogP contribution in [-0.4, -0.2) is 0 Å². The normalized spacial score (nSPS) is 18.2. The van der Waals surface area contributed by atoms with Gasteiger partial charge in [-0.25, -0.2) is 0 Å². The van der Waals surface area contributed by atoms with Crippen LogP contribution >= 0.6 is 0 Å². The molecule has 0 N–H and O–H groups in total. The van der Waals surface area contributed by atoms with Crippen molar-refractivity contribution in [2.45, 2.75) is 108 Å². The summed E-state index contributed by atoms with van der Waals surface area (Å²) < 4.78 is 0. The van der Waals surface area contributed by atoms with Gasteiger partial charge in [-0.15, -0.1) is 0 Å². The molecule has 1 fully saturated rings. The van der Waals surface area contributed by atoms with Crippen LogP contribution in [0, 0.1) is 0 Å². The molecule has 0 bridgehead atoms. The lowest BCUT2D eigenvalue weighted by Gasteiger charge is -2.43. The molecule has 4 aliphatic rings. The lowest BCUT2D eigenvalue weighted by atomic mass is 9.61. The van der Waals surface area contributed by atoms with E-state index in [0.717, 1.165) is 0 Å². The Labute approximate surface area is 358 Å². The maximum absolute atomic E-state index is 2.71. The van der Waals surface area contributed by atoms with Gasteiger partial charge in [-0.3, -0.25) is 0 Å². The van der Waals surface area contributed by atoms with Crippen LogP contribution in [0.4, 0.5) is 17.1 Å². The van der Waals surface area contributed by atoms with Crippen molar-refractivity contribution < 1.29 is 0 Å². The summed E-state index contributed by atoms with van der Waals surface area (Å²) in [6.07, 6.45) is 8.80. The second-order valence-corrected chi connectivity index (χ2v) is 20.3. The molecule has 4 aliphatic carbocycles. The topological polar surface area (TPSA) is 3.24 Å². The highest BCUT2D eigenvalue weighted by molar-refractivity contribution is 5.91. The van der Waals surface area contributed by atoms with Crippen LogP contribution in [-0.2, 0) is 21.7 Å². The second kappa shape index (κ2) is 13.4. The van der Waals surface area contributed by atoms with Crippen molar-refractivity contribution in [1.82, 2.24) is 0 Å². The summed E-state index contributed by atoms with van der Waals surface area (Å²) in [5, 5.41) is 0. The quantitative estimate of drug-likeness (QED) is 0.168. The van der Waals surface area contributed by atoms with Gasteiger partial charge in [-0.05, 0) is 157 Å². The van der Waals surface area contributed by atoms with Gasteiger partial charge in [0, 0.05) is 27.9 Å². The lowest BCUT2D eigenvalue weighted by molar-refractivity contribution is 0.327. The van der Waals surface area contributed by atoms with Gasteiger partial charge < -0.3 is 4.90 Å². The Morgan fingerprint density at radius 2 is 0.917 bits per heavy atom. The largest absolute Gasteiger partial charge is 0.310 e. The fraction of sp³-hybridized carbons (Fsp3) is 0.288. The summed E-state index contributed by atoms with van der Waals surface area (Å²) in [6.45, 7) is 14.7. The van der Waals surface area contributed by atoms with Gasteiger partial charge in [0.15, 0.2) is 0 Å². The monoisotopic (exact) mass is 779 g/mol. The Morgan fingerprint density at radius 1 is 0.350 bits per heavy atom. The molecule has 0 aliphatic heterocycles. The standard InChI is InChI=1S/C59H57N/c1-56(2)33-34-57(3,4)54-38-52-49(37-53(54)56)47-30-29-44(36-51(47)59(52)31-13-8-14-32-59)60(42-27-25-40(26-28-42)39-17-9-7-10-18-39)43-20-15-19-41(35-43)45-22-16-23-48-46-21-11-12-24-50(46)58(5,6)55(45)48/h7,9-12,15-30,35-38H,8,13-14,31-34H2,1-6H3. The number of anilines is 3. The van der Waals surface area contributed by atoms with Crippen LogP contribution < -0.4 is 4.90 Å². The van der Waals surface area contributed by atoms with Gasteiger partial charge in [0.25, 0.3) is 0 Å². The maximum Gasteiger partial charge on any atom is 0.0467 e. The maximum atomic E-state index is 2.71. The average molecular weight is 780 g/mol. The van der Waals surface area contributed by atoms with Crippen LogP contribution in [0.5, 0.6) is 0 Å². The van der Waals surface area contributed by atoms with E-state index in [9.17, 15) is 0 Å². The molecule has 0 heterocycles. The molecule has 11 rings (SSSR count). The average Bonchev–Trinajstić information content (AvgIpc) is 3.66. The van der Waals surface area contributed by atoms with Crippen molar-refractivity contribution in [1.29, 1.82) is 0 Å². The molecule has 1 spiro atoms. The molecular weight excluding hydrogens is 723 g/mol. The zero-order valence-electron chi connectivity index (χ0n) is 36.3. The number of hydrogen-bond donors (Lipinski definition) is 0. The highest BCUT2D eigenvalue weighted by Crippen LogP contribution is 2.60. The Bertz CT molecular complexity index is 2810. The SMILES string of the molecule is CC1(C)CCC(C)(C)c2cc3c(cc21)-c1ccc(N(c2ccc(-c4ccccc4)cc2)c2cccc(-c4cccc5c4C(C)(C)c4ccccc4-5)c2)cc1C31CCCCC1. The van der Waals surface area contributed by atoms with Crippen LogP contribution in [0.2, 0.25) is 0 Å². The molecule has 0 unspecified atom stereocenters. The molecule has 7 aromatic carbocycles. The van der Waals surface area contributed by atoms with Gasteiger partial charge in [0.05, 0.1) is 0 Å². The minimum Gasteiger partial charge on any atom is -0.310 e. The Hall–Kier alpha value is -5.66. The number of rotatable bonds is 5. The van der Waals surface area contributed by atoms with Crippen molar-refractivity contribution in [3.8, 4) is 44.5 Å². The summed E-state index contributed by atoms with van der Waals surface area (Å²) in [5.41, 5.74) is 23.7. The van der Waals surface area contributed by atoms with E-state index >= 15 is 0 Å². The van der Waals surface area contributed by atoms with E-state index in [1.54, 1.807) is 16.7 Å². The van der Waals surface area contributed by atoms with Crippen molar-refractivity contribution in [3.63, 3.8) is 0 Å². The van der Waals surface area contributed by atoms with Gasteiger partial charge >= 0.3 is 0 Å². The predicted molar refractivity (Wildman–Crippen MR) is 254 cm³/mol. The van der Waals surface area contributed by atoms with E-state index in [0.29, 0.717) is 0 Å². The summed E-state index contributed by atoms with van der Waals surface area (Å²) in [6, 6.07) is 58.1. The lowest BCUT2D eigenvalue weighted by Crippen LogP contribution is -2.35. The minimum absolute atomic E-state index is 0.0431. The first-order valence-electron chi connectivity index (χ1n) is 22.6. The van der Waals surface area contributed by atoms with E-state index < -0.39 is 0 Å². The number of fused-ring (bicyclic) bond motifs is 9. The van der Waals surface area contributed by atoms with Gasteiger partial charge in [-0.2, -0.15) is 0 Å². The van der Waals surface area contributed by atoms with Crippen LogP contribution in [0.15, 0.2) is 152 Å². The number of benzene rings is 7. The molecular formula is C59H57N. The smallest absolute Gasteiger partial charge is 0.0467 e. The van der Waals surface area contributed by atoms with E-state index in [-0.39, 0.29) is 21.7 Å². The first kappa shape index (κ1) is 37.3. The molecule has 1 heteroatoms. The third kappa shape index (κ3) is 5.57. The van der Waals surface area contributed by atoms with Crippen molar-refractivity contribution in [3.05, 3.63) is 185 Å². The first-order chi connectivity index (χ1) is 29.0. The highest BCUT2D eigenvalue weighted by Gasteiger charge is 2.47. The van der Waals surface area contributed by atoms with Crippen LogP contribution in [0.1, 0.15) is 120 Å². The molecule has 1 nitrogen and oxygen atoms in total. The zero-order chi connectivity index (χ0) is 41.0. The molecule has 0 radical (unpaired) electrons. The molecule has 7 aromatic rings. The fourth-order valence-corrected chi connectivity index (χ4v) is 12.2. The van der Waals surface area contributed by atoms with E-state index in [1.165, 1.54) is 123 Å². The molecule has 298 valence electrons. The highest BCUT2D eigenvalue weighted by atomic mass is 15.1. The molecule has 60 heavy (non-hydrogen) atoms. The molecule has 0 amide bonds. The van der Waals surface area contributed by atoms with E-state index in [2.05, 4.69) is 198 Å². The number of nitrogens with zero attached hydrogens (tertiary/aromatic N) is 1. The molecule has 0 saturated heterocycles. The van der Waals surface area contributed by atoms with Crippen molar-refractivity contribution in [2.24, 2.45) is 0 Å². The Kier molecular flexibility index (Phi) is 8.35. The summed E-state index contributed by atoms with van der Waals surface area (Å²) in [7, 11) is 0. The number of hydrogen-bond acceptors (Lipinski definition) is 1. The van der Waals surface area contributed by atoms with Crippen LogP contribution in [0.3, 0.4) is 0 Å². The Balaban J connectivity index is 1.09. The van der Waals surface area contributed by atoms with E-state index in [1.807, 2.05) is 0 Å². The summed E-state index contributed by atoms with van der Waals surface area (Å²) in [4.78, 5) is 2.53. The molecule has 1 saturated carbocycles. The van der Waals surface area contributed by atoms with Gasteiger partial charge in [-0.1, -0.05) is 170 Å². The molecule has 0 aromatic heterocycles. The molecule has 0 atom stereocenters. The second-order valence-electron chi connectivity index (χ2n) is 20.3. The summed E-state index contributed by atoms with van der Waals surface area (Å²) >= 11 is 0. The minimum atomic E-state index is -0.0988. The van der Waals surface area contributed by atoms with Gasteiger partial charge in [0.1, 0.15) is 0 Å². The van der Waals surface area contributed by atoms with Crippen LogP contribution in [0.25, 0.3) is 44.5 Å².